The number of carbonyl (C=O) groups excluding carboxylic acids is 1. The average Bonchev–Trinajstić information content (AvgIpc) is 2.78. The van der Waals surface area contributed by atoms with E-state index in [4.69, 9.17) is 10.5 Å². The maximum Gasteiger partial charge on any atom is 0.223 e. The Labute approximate surface area is 189 Å². The van der Waals surface area contributed by atoms with Gasteiger partial charge in [-0.2, -0.15) is 0 Å². The molecule has 0 spiro atoms. The number of amides is 1. The van der Waals surface area contributed by atoms with Crippen LogP contribution in [0.15, 0.2) is 78.9 Å². The molecule has 170 valence electrons. The zero-order valence-corrected chi connectivity index (χ0v) is 19.4. The maximum atomic E-state index is 12.0. The van der Waals surface area contributed by atoms with Crippen molar-refractivity contribution in [1.82, 2.24) is 0 Å². The molecule has 2 atom stereocenters. The van der Waals surface area contributed by atoms with Crippen LogP contribution in [0.1, 0.15) is 76.4 Å². The van der Waals surface area contributed by atoms with E-state index in [1.807, 2.05) is 30.3 Å². The predicted molar refractivity (Wildman–Crippen MR) is 133 cm³/mol. The van der Waals surface area contributed by atoms with Gasteiger partial charge in [0, 0.05) is 7.11 Å². The number of ether oxygens (including phenoxy) is 1. The van der Waals surface area contributed by atoms with E-state index in [0.717, 1.165) is 31.2 Å². The van der Waals surface area contributed by atoms with Crippen molar-refractivity contribution in [2.75, 3.05) is 7.11 Å². The molecule has 0 aliphatic rings. The van der Waals surface area contributed by atoms with E-state index < -0.39 is 0 Å². The largest absolute Gasteiger partial charge is 0.376 e. The Morgan fingerprint density at radius 3 is 1.94 bits per heavy atom. The van der Waals surface area contributed by atoms with Crippen LogP contribution in [0.4, 0.5) is 0 Å². The number of methoxy groups -OCH3 is 1. The first-order valence-corrected chi connectivity index (χ1v) is 11.7. The highest BCUT2D eigenvalue weighted by Gasteiger charge is 2.27. The minimum absolute atomic E-state index is 0.301. The number of rotatable bonds is 17. The van der Waals surface area contributed by atoms with Crippen LogP contribution < -0.4 is 5.73 Å². The highest BCUT2D eigenvalue weighted by atomic mass is 16.5. The van der Waals surface area contributed by atoms with Crippen molar-refractivity contribution in [1.29, 1.82) is 0 Å². The minimum atomic E-state index is -0.335. The van der Waals surface area contributed by atoms with Crippen molar-refractivity contribution in [2.45, 2.75) is 70.8 Å². The van der Waals surface area contributed by atoms with Crippen LogP contribution in [0.5, 0.6) is 0 Å². The lowest BCUT2D eigenvalue weighted by Crippen LogP contribution is -2.29. The van der Waals surface area contributed by atoms with E-state index in [0.29, 0.717) is 6.42 Å². The molecule has 0 saturated carbocycles. The molecule has 1 aromatic rings. The smallest absolute Gasteiger partial charge is 0.223 e. The lowest BCUT2D eigenvalue weighted by Gasteiger charge is -2.23. The summed E-state index contributed by atoms with van der Waals surface area (Å²) in [6.07, 6.45) is 26.8. The summed E-state index contributed by atoms with van der Waals surface area (Å²) in [5, 5.41) is 0. The number of benzene rings is 1. The van der Waals surface area contributed by atoms with Crippen LogP contribution in [0.25, 0.3) is 0 Å². The van der Waals surface area contributed by atoms with Gasteiger partial charge in [0.25, 0.3) is 0 Å². The van der Waals surface area contributed by atoms with Crippen molar-refractivity contribution in [3.8, 4) is 0 Å². The zero-order chi connectivity index (χ0) is 22.6. The summed E-state index contributed by atoms with van der Waals surface area (Å²) in [7, 11) is 1.63. The fraction of sp³-hybridized carbons (Fsp3) is 0.464. The first-order chi connectivity index (χ1) is 15.2. The molecule has 3 heteroatoms. The summed E-state index contributed by atoms with van der Waals surface area (Å²) in [4.78, 5) is 12.0. The summed E-state index contributed by atoms with van der Waals surface area (Å²) < 4.78 is 5.59. The van der Waals surface area contributed by atoms with E-state index in [2.05, 4.69) is 55.5 Å². The van der Waals surface area contributed by atoms with E-state index in [1.165, 1.54) is 25.7 Å². The van der Waals surface area contributed by atoms with Crippen molar-refractivity contribution in [3.05, 3.63) is 84.5 Å². The third-order valence-corrected chi connectivity index (χ3v) is 5.21. The van der Waals surface area contributed by atoms with Gasteiger partial charge in [-0.1, -0.05) is 98.7 Å². The second-order valence-corrected chi connectivity index (χ2v) is 7.74. The van der Waals surface area contributed by atoms with Gasteiger partial charge >= 0.3 is 0 Å². The van der Waals surface area contributed by atoms with Gasteiger partial charge in [0.05, 0.1) is 12.0 Å². The molecular formula is C28H41NO2. The van der Waals surface area contributed by atoms with Gasteiger partial charge < -0.3 is 10.5 Å². The van der Waals surface area contributed by atoms with Gasteiger partial charge in [-0.15, -0.1) is 0 Å². The molecule has 31 heavy (non-hydrogen) atoms. The summed E-state index contributed by atoms with van der Waals surface area (Å²) in [6, 6.07) is 9.80. The molecule has 0 aliphatic heterocycles. The Morgan fingerprint density at radius 2 is 1.42 bits per heavy atom. The molecular weight excluding hydrogens is 382 g/mol. The topological polar surface area (TPSA) is 52.3 Å². The van der Waals surface area contributed by atoms with Gasteiger partial charge in [0.1, 0.15) is 0 Å². The summed E-state index contributed by atoms with van der Waals surface area (Å²) in [5.74, 6) is -0.648. The number of carbonyl (C=O) groups is 1. The van der Waals surface area contributed by atoms with Crippen molar-refractivity contribution in [3.63, 3.8) is 0 Å². The van der Waals surface area contributed by atoms with Crippen LogP contribution in [0, 0.1) is 5.92 Å². The van der Waals surface area contributed by atoms with Crippen LogP contribution in [0.2, 0.25) is 0 Å². The Hall–Kier alpha value is -2.39. The number of allylic oxidation sites excluding steroid dienone is 8. The molecule has 0 bridgehead atoms. The highest BCUT2D eigenvalue weighted by Crippen LogP contribution is 2.28. The first kappa shape index (κ1) is 26.6. The van der Waals surface area contributed by atoms with Gasteiger partial charge in [-0.25, -0.2) is 0 Å². The molecule has 0 aromatic heterocycles. The summed E-state index contributed by atoms with van der Waals surface area (Å²) in [5.41, 5.74) is 6.64. The lowest BCUT2D eigenvalue weighted by atomic mass is 9.90. The third-order valence-electron chi connectivity index (χ3n) is 5.21. The van der Waals surface area contributed by atoms with Crippen molar-refractivity contribution in [2.24, 2.45) is 11.7 Å². The average molecular weight is 424 g/mol. The molecule has 0 aliphatic carbocycles. The predicted octanol–water partition coefficient (Wildman–Crippen LogP) is 7.23. The lowest BCUT2D eigenvalue weighted by molar-refractivity contribution is -0.126. The quantitative estimate of drug-likeness (QED) is 0.212. The molecule has 0 heterocycles. The van der Waals surface area contributed by atoms with Crippen molar-refractivity contribution >= 4 is 5.91 Å². The number of hydrogen-bond acceptors (Lipinski definition) is 2. The number of unbranched alkanes of at least 4 members (excludes halogenated alkanes) is 3. The Balaban J connectivity index is 2.25. The Bertz CT molecular complexity index is 688. The van der Waals surface area contributed by atoms with E-state index in [9.17, 15) is 4.79 Å². The Morgan fingerprint density at radius 1 is 0.871 bits per heavy atom. The number of nitrogens with two attached hydrogens (primary N) is 1. The first-order valence-electron chi connectivity index (χ1n) is 11.7. The molecule has 3 nitrogen and oxygen atoms in total. The molecule has 1 rings (SSSR count). The molecule has 2 unspecified atom stereocenters. The van der Waals surface area contributed by atoms with Gasteiger partial charge in [0.15, 0.2) is 0 Å². The van der Waals surface area contributed by atoms with E-state index in [-0.39, 0.29) is 17.9 Å². The number of hydrogen-bond donors (Lipinski definition) is 1. The monoisotopic (exact) mass is 423 g/mol. The SMILES string of the molecule is CCCCCC=CCC=CCC=CCC=CCCC(C(N)=O)C(OC)c1ccccc1. The molecule has 0 fully saturated rings. The highest BCUT2D eigenvalue weighted by molar-refractivity contribution is 5.77. The molecule has 1 aromatic carbocycles. The summed E-state index contributed by atoms with van der Waals surface area (Å²) >= 11 is 0. The van der Waals surface area contributed by atoms with Crippen LogP contribution in [0.3, 0.4) is 0 Å². The minimum Gasteiger partial charge on any atom is -0.376 e. The van der Waals surface area contributed by atoms with Gasteiger partial charge in [0.2, 0.25) is 5.91 Å². The molecule has 0 radical (unpaired) electrons. The standard InChI is InChI=1S/C28H41NO2/c1-3-4-5-6-7-8-9-10-11-12-13-14-15-16-17-21-24-26(28(29)30)27(31-2)25-22-19-18-20-23-25/h7-8,10-11,13-14,16-20,22-23,26-27H,3-6,9,12,15,21,24H2,1-2H3,(H2,29,30). The maximum absolute atomic E-state index is 12.0. The fourth-order valence-electron chi connectivity index (χ4n) is 3.45. The number of primary amides is 1. The molecule has 1 amide bonds. The fourth-order valence-corrected chi connectivity index (χ4v) is 3.45. The van der Waals surface area contributed by atoms with Gasteiger partial charge in [-0.05, 0) is 50.5 Å². The Kier molecular flexibility index (Phi) is 15.8. The second kappa shape index (κ2) is 18.4. The molecule has 2 N–H and O–H groups in total. The van der Waals surface area contributed by atoms with Crippen molar-refractivity contribution < 1.29 is 9.53 Å². The normalized spacial score (nSPS) is 14.3. The molecule has 0 saturated heterocycles. The third kappa shape index (κ3) is 12.8. The van der Waals surface area contributed by atoms with Gasteiger partial charge in [-0.3, -0.25) is 4.79 Å². The second-order valence-electron chi connectivity index (χ2n) is 7.74. The summed E-state index contributed by atoms with van der Waals surface area (Å²) in [6.45, 7) is 2.24. The van der Waals surface area contributed by atoms with Crippen LogP contribution in [-0.2, 0) is 9.53 Å². The van der Waals surface area contributed by atoms with E-state index in [1.54, 1.807) is 7.11 Å². The van der Waals surface area contributed by atoms with Crippen LogP contribution >= 0.6 is 0 Å². The van der Waals surface area contributed by atoms with Crippen LogP contribution in [-0.4, -0.2) is 13.0 Å². The van der Waals surface area contributed by atoms with E-state index >= 15 is 0 Å². The zero-order valence-electron chi connectivity index (χ0n) is 19.4.